The molecule has 0 spiro atoms. The third-order valence-corrected chi connectivity index (χ3v) is 2.95. The topological polar surface area (TPSA) is 43.6 Å². The van der Waals surface area contributed by atoms with Crippen molar-refractivity contribution in [2.75, 3.05) is 7.11 Å². The minimum absolute atomic E-state index is 0.339. The molecule has 0 aliphatic heterocycles. The van der Waals surface area contributed by atoms with E-state index in [2.05, 4.69) is 18.8 Å². The summed E-state index contributed by atoms with van der Waals surface area (Å²) >= 11 is 6.13. The highest BCUT2D eigenvalue weighted by Gasteiger charge is 2.18. The molecule has 2 heterocycles. The van der Waals surface area contributed by atoms with Gasteiger partial charge in [0.15, 0.2) is 5.15 Å². The van der Waals surface area contributed by atoms with Gasteiger partial charge in [-0.25, -0.2) is 9.78 Å². The maximum Gasteiger partial charge on any atom is 0.340 e. The average molecular weight is 267 g/mol. The highest BCUT2D eigenvalue weighted by molar-refractivity contribution is 6.33. The van der Waals surface area contributed by atoms with E-state index in [4.69, 9.17) is 16.3 Å². The molecule has 0 aliphatic rings. The first kappa shape index (κ1) is 12.9. The van der Waals surface area contributed by atoms with Crippen LogP contribution in [0.25, 0.3) is 5.52 Å². The number of rotatable bonds is 3. The largest absolute Gasteiger partial charge is 0.465 e. The predicted molar refractivity (Wildman–Crippen MR) is 70.1 cm³/mol. The van der Waals surface area contributed by atoms with Gasteiger partial charge in [0.2, 0.25) is 0 Å². The normalized spacial score (nSPS) is 11.2. The molecule has 18 heavy (non-hydrogen) atoms. The fourth-order valence-electron chi connectivity index (χ4n) is 1.94. The van der Waals surface area contributed by atoms with Crippen LogP contribution >= 0.6 is 11.6 Å². The Balaban J connectivity index is 2.64. The van der Waals surface area contributed by atoms with Crippen molar-refractivity contribution in [1.29, 1.82) is 0 Å². The quantitative estimate of drug-likeness (QED) is 0.802. The van der Waals surface area contributed by atoms with Crippen LogP contribution in [-0.2, 0) is 11.2 Å². The first-order valence-corrected chi connectivity index (χ1v) is 6.16. The summed E-state index contributed by atoms with van der Waals surface area (Å²) in [6.45, 7) is 4.22. The summed E-state index contributed by atoms with van der Waals surface area (Å²) in [6, 6.07) is 3.48. The molecule has 2 aromatic rings. The lowest BCUT2D eigenvalue weighted by atomic mass is 10.1. The summed E-state index contributed by atoms with van der Waals surface area (Å²) < 4.78 is 6.61. The number of nitrogens with zero attached hydrogens (tertiary/aromatic N) is 2. The molecule has 2 rings (SSSR count). The number of fused-ring (bicyclic) bond motifs is 1. The van der Waals surface area contributed by atoms with Crippen molar-refractivity contribution in [2.45, 2.75) is 20.3 Å². The number of carbonyl (C=O) groups excluding carboxylic acids is 1. The van der Waals surface area contributed by atoms with Crippen molar-refractivity contribution in [1.82, 2.24) is 9.38 Å². The van der Waals surface area contributed by atoms with Crippen LogP contribution in [0.1, 0.15) is 30.0 Å². The third-order valence-electron chi connectivity index (χ3n) is 2.69. The molecule has 0 radical (unpaired) electrons. The Morgan fingerprint density at radius 1 is 1.56 bits per heavy atom. The summed E-state index contributed by atoms with van der Waals surface area (Å²) in [7, 11) is 1.35. The molecule has 0 aliphatic carbocycles. The molecule has 2 aromatic heterocycles. The van der Waals surface area contributed by atoms with Gasteiger partial charge in [-0.2, -0.15) is 0 Å². The number of pyridine rings is 1. The van der Waals surface area contributed by atoms with Crippen molar-refractivity contribution >= 4 is 23.1 Å². The molecule has 5 heteroatoms. The van der Waals surface area contributed by atoms with Crippen molar-refractivity contribution < 1.29 is 9.53 Å². The fraction of sp³-hybridized carbons (Fsp3) is 0.385. The maximum absolute atomic E-state index is 11.7. The van der Waals surface area contributed by atoms with E-state index in [0.29, 0.717) is 22.2 Å². The average Bonchev–Trinajstić information content (AvgIpc) is 2.65. The Bertz CT molecular complexity index is 590. The van der Waals surface area contributed by atoms with E-state index < -0.39 is 5.97 Å². The Hall–Kier alpha value is -1.55. The third kappa shape index (κ3) is 2.20. The minimum Gasteiger partial charge on any atom is -0.465 e. The number of halogens is 1. The van der Waals surface area contributed by atoms with E-state index in [-0.39, 0.29) is 0 Å². The van der Waals surface area contributed by atoms with Gasteiger partial charge in [0.25, 0.3) is 0 Å². The molecular weight excluding hydrogens is 252 g/mol. The molecule has 0 amide bonds. The number of aromatic nitrogens is 2. The van der Waals surface area contributed by atoms with Crippen LogP contribution in [0.2, 0.25) is 5.15 Å². The zero-order valence-corrected chi connectivity index (χ0v) is 11.4. The van der Waals surface area contributed by atoms with Crippen LogP contribution in [0.5, 0.6) is 0 Å². The van der Waals surface area contributed by atoms with Gasteiger partial charge in [-0.3, -0.25) is 0 Å². The van der Waals surface area contributed by atoms with Crippen molar-refractivity contribution in [3.05, 3.63) is 34.9 Å². The van der Waals surface area contributed by atoms with E-state index in [1.54, 1.807) is 12.1 Å². The number of methoxy groups -OCH3 is 1. The van der Waals surface area contributed by atoms with Gasteiger partial charge < -0.3 is 9.14 Å². The highest BCUT2D eigenvalue weighted by atomic mass is 35.5. The summed E-state index contributed by atoms with van der Waals surface area (Å²) in [6.07, 6.45) is 2.66. The lowest BCUT2D eigenvalue weighted by Crippen LogP contribution is -2.05. The number of hydrogen-bond acceptors (Lipinski definition) is 3. The zero-order valence-electron chi connectivity index (χ0n) is 10.6. The SMILES string of the molecule is COC(=O)c1cccn2c(CC(C)C)nc(Cl)c12. The fourth-order valence-corrected chi connectivity index (χ4v) is 2.23. The maximum atomic E-state index is 11.7. The number of carbonyl (C=O) groups is 1. The Morgan fingerprint density at radius 2 is 2.28 bits per heavy atom. The lowest BCUT2D eigenvalue weighted by Gasteiger charge is -2.05. The van der Waals surface area contributed by atoms with Crippen LogP contribution in [0.15, 0.2) is 18.3 Å². The smallest absolute Gasteiger partial charge is 0.340 e. The number of hydrogen-bond donors (Lipinski definition) is 0. The summed E-state index contributed by atoms with van der Waals surface area (Å²) in [5, 5.41) is 0.339. The minimum atomic E-state index is -0.404. The summed E-state index contributed by atoms with van der Waals surface area (Å²) in [5.74, 6) is 0.919. The van der Waals surface area contributed by atoms with Crippen LogP contribution in [0.4, 0.5) is 0 Å². The summed E-state index contributed by atoms with van der Waals surface area (Å²) in [5.41, 5.74) is 1.05. The molecule has 4 nitrogen and oxygen atoms in total. The molecule has 0 unspecified atom stereocenters. The molecule has 0 saturated carbocycles. The van der Waals surface area contributed by atoms with Gasteiger partial charge in [-0.05, 0) is 18.1 Å². The van der Waals surface area contributed by atoms with E-state index in [1.807, 2.05) is 10.6 Å². The van der Waals surface area contributed by atoms with Crippen LogP contribution in [0.3, 0.4) is 0 Å². The summed E-state index contributed by atoms with van der Waals surface area (Å²) in [4.78, 5) is 16.0. The lowest BCUT2D eigenvalue weighted by molar-refractivity contribution is 0.0602. The second-order valence-electron chi connectivity index (χ2n) is 4.55. The molecule has 0 N–H and O–H groups in total. The van der Waals surface area contributed by atoms with Crippen LogP contribution in [0, 0.1) is 5.92 Å². The molecule has 0 fully saturated rings. The molecule has 0 atom stereocenters. The van der Waals surface area contributed by atoms with E-state index >= 15 is 0 Å². The monoisotopic (exact) mass is 266 g/mol. The highest BCUT2D eigenvalue weighted by Crippen LogP contribution is 2.24. The molecule has 0 bridgehead atoms. The van der Waals surface area contributed by atoms with Gasteiger partial charge >= 0.3 is 5.97 Å². The van der Waals surface area contributed by atoms with Crippen molar-refractivity contribution in [2.24, 2.45) is 5.92 Å². The molecule has 0 saturated heterocycles. The van der Waals surface area contributed by atoms with Gasteiger partial charge in [-0.15, -0.1) is 0 Å². The van der Waals surface area contributed by atoms with Crippen LogP contribution < -0.4 is 0 Å². The number of ether oxygens (including phenoxy) is 1. The number of esters is 1. The van der Waals surface area contributed by atoms with E-state index in [0.717, 1.165) is 12.2 Å². The standard InChI is InChI=1S/C13H15ClN2O2/c1-8(2)7-10-15-12(14)11-9(13(17)18-3)5-4-6-16(10)11/h4-6,8H,7H2,1-3H3. The predicted octanol–water partition coefficient (Wildman–Crippen LogP) is 2.97. The Morgan fingerprint density at radius 3 is 2.89 bits per heavy atom. The van der Waals surface area contributed by atoms with Gasteiger partial charge in [0.05, 0.1) is 18.2 Å². The molecular formula is C13H15ClN2O2. The van der Waals surface area contributed by atoms with Crippen molar-refractivity contribution in [3.8, 4) is 0 Å². The first-order valence-electron chi connectivity index (χ1n) is 5.78. The van der Waals surface area contributed by atoms with E-state index in [1.165, 1.54) is 7.11 Å². The van der Waals surface area contributed by atoms with Gasteiger partial charge in [-0.1, -0.05) is 25.4 Å². The molecule has 0 aromatic carbocycles. The van der Waals surface area contributed by atoms with Gasteiger partial charge in [0, 0.05) is 12.6 Å². The van der Waals surface area contributed by atoms with Crippen molar-refractivity contribution in [3.63, 3.8) is 0 Å². The zero-order chi connectivity index (χ0) is 13.3. The Labute approximate surface area is 111 Å². The van der Waals surface area contributed by atoms with Gasteiger partial charge in [0.1, 0.15) is 5.82 Å². The second-order valence-corrected chi connectivity index (χ2v) is 4.91. The Kier molecular flexibility index (Phi) is 3.57. The number of imidazole rings is 1. The first-order chi connectivity index (χ1) is 8.54. The van der Waals surface area contributed by atoms with Crippen LogP contribution in [-0.4, -0.2) is 22.5 Å². The molecule has 96 valence electrons. The van der Waals surface area contributed by atoms with E-state index in [9.17, 15) is 4.79 Å². The second kappa shape index (κ2) is 4.98.